The lowest BCUT2D eigenvalue weighted by molar-refractivity contribution is 0.0963. The lowest BCUT2D eigenvalue weighted by Gasteiger charge is -2.14. The molecule has 12 heteroatoms. The fourth-order valence-electron chi connectivity index (χ4n) is 2.66. The number of nitrogens with two attached hydrogens (primary N) is 1. The monoisotopic (exact) mass is 473 g/mol. The number of carbonyl (C=O) groups is 1. The van der Waals surface area contributed by atoms with Gasteiger partial charge in [-0.2, -0.15) is 0 Å². The molecule has 0 fully saturated rings. The van der Waals surface area contributed by atoms with Crippen molar-refractivity contribution in [2.24, 2.45) is 0 Å². The van der Waals surface area contributed by atoms with E-state index in [1.165, 1.54) is 38.7 Å². The van der Waals surface area contributed by atoms with Crippen molar-refractivity contribution in [2.45, 2.75) is 4.90 Å². The molecule has 2 aromatic carbocycles. The van der Waals surface area contributed by atoms with Gasteiger partial charge in [0.1, 0.15) is 16.5 Å². The zero-order valence-electron chi connectivity index (χ0n) is 17.3. The summed E-state index contributed by atoms with van der Waals surface area (Å²) in [4.78, 5) is 18.9. The van der Waals surface area contributed by atoms with Gasteiger partial charge in [0, 0.05) is 25.0 Å². The molecule has 3 aromatic rings. The molecule has 0 aliphatic rings. The summed E-state index contributed by atoms with van der Waals surface area (Å²) in [5, 5.41) is 2.37. The van der Waals surface area contributed by atoms with Gasteiger partial charge in [-0.1, -0.05) is 11.8 Å². The number of nitrogens with one attached hydrogen (secondary N) is 2. The summed E-state index contributed by atoms with van der Waals surface area (Å²) in [6.07, 6.45) is 2.53. The van der Waals surface area contributed by atoms with Gasteiger partial charge in [0.25, 0.3) is 15.9 Å². The number of amides is 1. The van der Waals surface area contributed by atoms with Gasteiger partial charge in [0.2, 0.25) is 5.95 Å². The van der Waals surface area contributed by atoms with Gasteiger partial charge in [-0.05, 0) is 30.3 Å². The first-order chi connectivity index (χ1) is 15.7. The van der Waals surface area contributed by atoms with Gasteiger partial charge in [-0.25, -0.2) is 27.2 Å². The Morgan fingerprint density at radius 1 is 1.12 bits per heavy atom. The van der Waals surface area contributed by atoms with E-state index in [1.54, 1.807) is 0 Å². The van der Waals surface area contributed by atoms with Crippen LogP contribution in [-0.4, -0.2) is 38.5 Å². The SMILES string of the molecule is CNC(=O)c1ccc(OC)c(S(=O)(=O)Nc2ccc(F)c(C#Cc3cnc(N)nc3)c2F)c1. The number of methoxy groups -OCH3 is 1. The highest BCUT2D eigenvalue weighted by Gasteiger charge is 2.24. The number of carbonyl (C=O) groups excluding carboxylic acids is 1. The van der Waals surface area contributed by atoms with Gasteiger partial charge in [-0.15, -0.1) is 0 Å². The Balaban J connectivity index is 2.01. The Kier molecular flexibility index (Phi) is 6.74. The summed E-state index contributed by atoms with van der Waals surface area (Å²) in [6, 6.07) is 5.50. The van der Waals surface area contributed by atoms with E-state index >= 15 is 0 Å². The Labute approximate surface area is 188 Å². The molecule has 0 aliphatic carbocycles. The molecule has 1 heterocycles. The van der Waals surface area contributed by atoms with Crippen molar-refractivity contribution in [3.05, 3.63) is 71.1 Å². The fraction of sp³-hybridized carbons (Fsp3) is 0.0952. The molecule has 0 bridgehead atoms. The quantitative estimate of drug-likeness (QED) is 0.482. The summed E-state index contributed by atoms with van der Waals surface area (Å²) < 4.78 is 62.2. The molecule has 0 radical (unpaired) electrons. The van der Waals surface area contributed by atoms with Gasteiger partial charge < -0.3 is 15.8 Å². The normalized spacial score (nSPS) is 10.7. The maximum Gasteiger partial charge on any atom is 0.265 e. The summed E-state index contributed by atoms with van der Waals surface area (Å²) in [5.41, 5.74) is 4.43. The molecule has 0 saturated heterocycles. The van der Waals surface area contributed by atoms with E-state index in [4.69, 9.17) is 10.5 Å². The van der Waals surface area contributed by atoms with Crippen LogP contribution in [-0.2, 0) is 10.0 Å². The minimum absolute atomic E-state index is 0.00484. The molecule has 33 heavy (non-hydrogen) atoms. The van der Waals surface area contributed by atoms with Gasteiger partial charge in [0.05, 0.1) is 23.9 Å². The average molecular weight is 473 g/mol. The van der Waals surface area contributed by atoms with Crippen LogP contribution in [0, 0.1) is 23.5 Å². The topological polar surface area (TPSA) is 136 Å². The fourth-order valence-corrected chi connectivity index (χ4v) is 3.91. The Bertz CT molecular complexity index is 1380. The van der Waals surface area contributed by atoms with E-state index in [9.17, 15) is 22.0 Å². The van der Waals surface area contributed by atoms with E-state index in [0.29, 0.717) is 0 Å². The highest BCUT2D eigenvalue weighted by Crippen LogP contribution is 2.29. The first-order valence-electron chi connectivity index (χ1n) is 9.16. The van der Waals surface area contributed by atoms with Crippen LogP contribution in [0.3, 0.4) is 0 Å². The molecule has 0 unspecified atom stereocenters. The molecule has 1 amide bonds. The molecule has 0 aliphatic heterocycles. The van der Waals surface area contributed by atoms with Crippen LogP contribution >= 0.6 is 0 Å². The number of sulfonamides is 1. The number of hydrogen-bond acceptors (Lipinski definition) is 7. The van der Waals surface area contributed by atoms with Crippen LogP contribution in [0.15, 0.2) is 47.6 Å². The van der Waals surface area contributed by atoms with E-state index in [-0.39, 0.29) is 22.8 Å². The first-order valence-corrected chi connectivity index (χ1v) is 10.6. The number of rotatable bonds is 5. The Morgan fingerprint density at radius 3 is 2.45 bits per heavy atom. The number of halogens is 2. The highest BCUT2D eigenvalue weighted by atomic mass is 32.2. The lowest BCUT2D eigenvalue weighted by atomic mass is 10.1. The van der Waals surface area contributed by atoms with Crippen molar-refractivity contribution in [3.8, 4) is 17.6 Å². The third kappa shape index (κ3) is 5.16. The number of benzene rings is 2. The van der Waals surface area contributed by atoms with Crippen LogP contribution in [0.25, 0.3) is 0 Å². The maximum atomic E-state index is 15.0. The number of nitrogens with zero attached hydrogens (tertiary/aromatic N) is 2. The van der Waals surface area contributed by atoms with Gasteiger partial charge >= 0.3 is 0 Å². The molecule has 0 spiro atoms. The molecule has 4 N–H and O–H groups in total. The Hall–Kier alpha value is -4.24. The highest BCUT2D eigenvalue weighted by molar-refractivity contribution is 7.92. The zero-order valence-corrected chi connectivity index (χ0v) is 18.1. The minimum Gasteiger partial charge on any atom is -0.495 e. The smallest absolute Gasteiger partial charge is 0.265 e. The second-order valence-electron chi connectivity index (χ2n) is 6.41. The number of hydrogen-bond donors (Lipinski definition) is 3. The molecular formula is C21H17F2N5O4S. The van der Waals surface area contributed by atoms with Crippen LogP contribution in [0.4, 0.5) is 20.4 Å². The third-order valence-corrected chi connectivity index (χ3v) is 5.67. The molecule has 9 nitrogen and oxygen atoms in total. The standard InChI is InChI=1S/C21H17F2N5O4S/c1-25-20(29)13-4-8-17(32-2)18(9-13)33(30,31)28-16-7-6-15(22)14(19(16)23)5-3-12-10-26-21(24)27-11-12/h4,6-11,28H,1-2H3,(H,25,29)(H2,24,26,27). The van der Waals surface area contributed by atoms with E-state index < -0.39 is 43.7 Å². The predicted octanol–water partition coefficient (Wildman–Crippen LogP) is 1.91. The second-order valence-corrected chi connectivity index (χ2v) is 8.06. The summed E-state index contributed by atoms with van der Waals surface area (Å²) in [5.74, 6) is 1.94. The number of nitrogen functional groups attached to an aromatic ring is 1. The lowest BCUT2D eigenvalue weighted by Crippen LogP contribution is -2.20. The van der Waals surface area contributed by atoms with Crippen molar-refractivity contribution in [1.29, 1.82) is 0 Å². The summed E-state index contributed by atoms with van der Waals surface area (Å²) in [7, 11) is -1.83. The van der Waals surface area contributed by atoms with E-state index in [0.717, 1.165) is 18.2 Å². The van der Waals surface area contributed by atoms with Crippen molar-refractivity contribution in [3.63, 3.8) is 0 Å². The average Bonchev–Trinajstić information content (AvgIpc) is 2.81. The molecule has 3 rings (SSSR count). The molecule has 0 atom stereocenters. The minimum atomic E-state index is -4.44. The Morgan fingerprint density at radius 2 is 1.82 bits per heavy atom. The van der Waals surface area contributed by atoms with Crippen LogP contribution in [0.2, 0.25) is 0 Å². The predicted molar refractivity (Wildman–Crippen MR) is 116 cm³/mol. The van der Waals surface area contributed by atoms with Crippen LogP contribution in [0.1, 0.15) is 21.5 Å². The number of aromatic nitrogens is 2. The van der Waals surface area contributed by atoms with Crippen molar-refractivity contribution in [2.75, 3.05) is 24.6 Å². The number of anilines is 2. The third-order valence-electron chi connectivity index (χ3n) is 4.28. The van der Waals surface area contributed by atoms with E-state index in [2.05, 4.69) is 27.1 Å². The van der Waals surface area contributed by atoms with Gasteiger partial charge in [-0.3, -0.25) is 9.52 Å². The molecule has 170 valence electrons. The van der Waals surface area contributed by atoms with Crippen molar-refractivity contribution in [1.82, 2.24) is 15.3 Å². The second kappa shape index (κ2) is 9.49. The summed E-state index contributed by atoms with van der Waals surface area (Å²) in [6.45, 7) is 0. The van der Waals surface area contributed by atoms with E-state index in [1.807, 2.05) is 4.72 Å². The van der Waals surface area contributed by atoms with Crippen molar-refractivity contribution >= 4 is 27.6 Å². The van der Waals surface area contributed by atoms with Crippen molar-refractivity contribution < 1.29 is 26.7 Å². The summed E-state index contributed by atoms with van der Waals surface area (Å²) >= 11 is 0. The first kappa shape index (κ1) is 23.4. The maximum absolute atomic E-state index is 15.0. The number of ether oxygens (including phenoxy) is 1. The largest absolute Gasteiger partial charge is 0.495 e. The zero-order chi connectivity index (χ0) is 24.2. The van der Waals surface area contributed by atoms with Crippen LogP contribution < -0.4 is 20.5 Å². The van der Waals surface area contributed by atoms with Crippen LogP contribution in [0.5, 0.6) is 5.75 Å². The molecule has 0 saturated carbocycles. The van der Waals surface area contributed by atoms with Gasteiger partial charge in [0.15, 0.2) is 5.82 Å². The molecule has 1 aromatic heterocycles. The molecular weight excluding hydrogens is 456 g/mol.